The molecule has 0 saturated heterocycles. The highest BCUT2D eigenvalue weighted by atomic mass is 35.5. The van der Waals surface area contributed by atoms with Crippen LogP contribution in [-0.4, -0.2) is 5.24 Å². The monoisotopic (exact) mass is 244 g/mol. The minimum atomic E-state index is -0.561. The van der Waals surface area contributed by atoms with Crippen LogP contribution in [0.4, 0.5) is 0 Å². The zero-order chi connectivity index (χ0) is 8.43. The van der Waals surface area contributed by atoms with Crippen LogP contribution in [0.1, 0.15) is 10.4 Å². The van der Waals surface area contributed by atoms with E-state index >= 15 is 0 Å². The van der Waals surface area contributed by atoms with Gasteiger partial charge in [0.15, 0.2) is 0 Å². The first-order valence-electron chi connectivity index (χ1n) is 2.75. The van der Waals surface area contributed by atoms with Gasteiger partial charge in [0.2, 0.25) is 0 Å². The Bertz CT molecular complexity index is 277. The van der Waals surface area contributed by atoms with Crippen molar-refractivity contribution in [1.82, 2.24) is 0 Å². The number of carbonyl (C=O) groups excluding carboxylic acids is 1. The first kappa shape index (κ1) is 12.0. The molecule has 0 saturated carbocycles. The molecule has 0 amide bonds. The van der Waals surface area contributed by atoms with Gasteiger partial charge in [-0.3, -0.25) is 4.79 Å². The molecule has 0 spiro atoms. The predicted octanol–water partition coefficient (Wildman–Crippen LogP) is 3.79. The van der Waals surface area contributed by atoms with E-state index in [-0.39, 0.29) is 12.4 Å². The fourth-order valence-corrected chi connectivity index (χ4v) is 1.30. The van der Waals surface area contributed by atoms with E-state index in [2.05, 4.69) is 0 Å². The molecular formula is C7H4Cl4O. The second-order valence-corrected chi connectivity index (χ2v) is 3.15. The molecule has 0 unspecified atom stereocenters. The molecule has 1 aromatic rings. The number of hydrogen-bond donors (Lipinski definition) is 0. The smallest absolute Gasteiger partial charge is 0.252 e. The molecule has 0 radical (unpaired) electrons. The largest absolute Gasteiger partial charge is 0.276 e. The Morgan fingerprint density at radius 3 is 1.83 bits per heavy atom. The maximum atomic E-state index is 10.6. The molecule has 0 fully saturated rings. The van der Waals surface area contributed by atoms with Gasteiger partial charge in [0, 0.05) is 15.6 Å². The number of hydrogen-bond acceptors (Lipinski definition) is 1. The number of benzene rings is 1. The third kappa shape index (κ3) is 3.20. The Hall–Kier alpha value is 0.0500. The van der Waals surface area contributed by atoms with Crippen molar-refractivity contribution in [2.24, 2.45) is 0 Å². The number of carbonyl (C=O) groups is 1. The summed E-state index contributed by atoms with van der Waals surface area (Å²) in [5, 5.41) is 0.248. The van der Waals surface area contributed by atoms with Crippen LogP contribution in [0, 0.1) is 0 Å². The van der Waals surface area contributed by atoms with Crippen molar-refractivity contribution in [3.63, 3.8) is 0 Å². The number of halogens is 4. The lowest BCUT2D eigenvalue weighted by Gasteiger charge is -1.95. The summed E-state index contributed by atoms with van der Waals surface area (Å²) in [7, 11) is 0. The Balaban J connectivity index is 0.00000121. The number of rotatable bonds is 1. The Labute approximate surface area is 91.0 Å². The Morgan fingerprint density at radius 2 is 1.50 bits per heavy atom. The summed E-state index contributed by atoms with van der Waals surface area (Å²) in [6, 6.07) is 4.46. The van der Waals surface area contributed by atoms with Crippen LogP contribution in [-0.2, 0) is 0 Å². The van der Waals surface area contributed by atoms with Crippen LogP contribution < -0.4 is 0 Å². The van der Waals surface area contributed by atoms with E-state index < -0.39 is 5.24 Å². The van der Waals surface area contributed by atoms with Crippen molar-refractivity contribution in [1.29, 1.82) is 0 Å². The van der Waals surface area contributed by atoms with Gasteiger partial charge in [-0.15, -0.1) is 12.4 Å². The Morgan fingerprint density at radius 1 is 1.08 bits per heavy atom. The van der Waals surface area contributed by atoms with E-state index in [1.165, 1.54) is 18.2 Å². The molecule has 0 heterocycles. The maximum absolute atomic E-state index is 10.6. The van der Waals surface area contributed by atoms with Gasteiger partial charge in [0.05, 0.1) is 0 Å². The van der Waals surface area contributed by atoms with E-state index in [1.54, 1.807) is 0 Å². The van der Waals surface area contributed by atoms with Gasteiger partial charge in [-0.25, -0.2) is 0 Å². The molecule has 66 valence electrons. The second-order valence-electron chi connectivity index (χ2n) is 1.93. The van der Waals surface area contributed by atoms with E-state index in [1.807, 2.05) is 0 Å². The van der Waals surface area contributed by atoms with Crippen molar-refractivity contribution in [2.45, 2.75) is 0 Å². The fourth-order valence-electron chi connectivity index (χ4n) is 0.667. The average Bonchev–Trinajstić information content (AvgIpc) is 1.85. The molecule has 0 aliphatic heterocycles. The van der Waals surface area contributed by atoms with E-state index in [0.29, 0.717) is 15.6 Å². The van der Waals surface area contributed by atoms with Gasteiger partial charge in [0.1, 0.15) is 0 Å². The van der Waals surface area contributed by atoms with Crippen molar-refractivity contribution in [3.8, 4) is 0 Å². The highest BCUT2D eigenvalue weighted by Gasteiger charge is 2.03. The lowest BCUT2D eigenvalue weighted by molar-refractivity contribution is 0.108. The van der Waals surface area contributed by atoms with Crippen molar-refractivity contribution in [2.75, 3.05) is 0 Å². The van der Waals surface area contributed by atoms with Crippen LogP contribution in [0.25, 0.3) is 0 Å². The normalized spacial score (nSPS) is 8.92. The molecule has 0 atom stereocenters. The fraction of sp³-hybridized carbons (Fsp3) is 0. The van der Waals surface area contributed by atoms with Crippen molar-refractivity contribution < 1.29 is 4.79 Å². The average molecular weight is 246 g/mol. The first-order valence-corrected chi connectivity index (χ1v) is 3.89. The summed E-state index contributed by atoms with van der Waals surface area (Å²) in [6.07, 6.45) is 0. The van der Waals surface area contributed by atoms with Crippen LogP contribution in [0.2, 0.25) is 10.0 Å². The maximum Gasteiger partial charge on any atom is 0.252 e. The SMILES string of the molecule is Cl.O=C(Cl)c1cc(Cl)cc(Cl)c1. The zero-order valence-electron chi connectivity index (χ0n) is 5.68. The molecule has 5 heteroatoms. The molecule has 0 bridgehead atoms. The summed E-state index contributed by atoms with van der Waals surface area (Å²) >= 11 is 16.4. The first-order chi connectivity index (χ1) is 5.09. The molecule has 0 N–H and O–H groups in total. The van der Waals surface area contributed by atoms with E-state index in [4.69, 9.17) is 34.8 Å². The second kappa shape index (κ2) is 4.93. The molecule has 0 aliphatic carbocycles. The predicted molar refractivity (Wildman–Crippen MR) is 53.9 cm³/mol. The van der Waals surface area contributed by atoms with Gasteiger partial charge in [0.25, 0.3) is 5.24 Å². The lowest BCUT2D eigenvalue weighted by Crippen LogP contribution is -1.87. The molecule has 1 rings (SSSR count). The quantitative estimate of drug-likeness (QED) is 0.688. The minimum Gasteiger partial charge on any atom is -0.276 e. The molecule has 0 aliphatic rings. The van der Waals surface area contributed by atoms with Crippen LogP contribution in [0.5, 0.6) is 0 Å². The standard InChI is InChI=1S/C7H3Cl3O.ClH/c8-5-1-4(7(10)11)2-6(9)3-5;/h1-3H;1H. The third-order valence-corrected chi connectivity index (χ3v) is 1.74. The van der Waals surface area contributed by atoms with Gasteiger partial charge in [-0.05, 0) is 29.8 Å². The van der Waals surface area contributed by atoms with Crippen LogP contribution in [0.3, 0.4) is 0 Å². The summed E-state index contributed by atoms with van der Waals surface area (Å²) in [4.78, 5) is 10.6. The molecule has 0 aromatic heterocycles. The highest BCUT2D eigenvalue weighted by molar-refractivity contribution is 6.68. The molecule has 1 aromatic carbocycles. The highest BCUT2D eigenvalue weighted by Crippen LogP contribution is 2.19. The van der Waals surface area contributed by atoms with Gasteiger partial charge < -0.3 is 0 Å². The Kier molecular flexibility index (Phi) is 4.95. The summed E-state index contributed by atoms with van der Waals surface area (Å²) in [5.74, 6) is 0. The molecule has 12 heavy (non-hydrogen) atoms. The molecule has 1 nitrogen and oxygen atoms in total. The van der Waals surface area contributed by atoms with Crippen LogP contribution >= 0.6 is 47.2 Å². The summed E-state index contributed by atoms with van der Waals surface area (Å²) in [5.41, 5.74) is 0.309. The van der Waals surface area contributed by atoms with Gasteiger partial charge in [-0.2, -0.15) is 0 Å². The van der Waals surface area contributed by atoms with Gasteiger partial charge >= 0.3 is 0 Å². The minimum absolute atomic E-state index is 0. The summed E-state index contributed by atoms with van der Waals surface area (Å²) < 4.78 is 0. The molecular weight excluding hydrogens is 242 g/mol. The van der Waals surface area contributed by atoms with E-state index in [0.717, 1.165) is 0 Å². The van der Waals surface area contributed by atoms with Gasteiger partial charge in [-0.1, -0.05) is 23.2 Å². The lowest BCUT2D eigenvalue weighted by atomic mass is 10.2. The summed E-state index contributed by atoms with van der Waals surface area (Å²) in [6.45, 7) is 0. The van der Waals surface area contributed by atoms with Crippen molar-refractivity contribution in [3.05, 3.63) is 33.8 Å². The van der Waals surface area contributed by atoms with Crippen molar-refractivity contribution >= 4 is 52.5 Å². The van der Waals surface area contributed by atoms with E-state index in [9.17, 15) is 4.79 Å². The topological polar surface area (TPSA) is 17.1 Å². The van der Waals surface area contributed by atoms with Crippen LogP contribution in [0.15, 0.2) is 18.2 Å². The third-order valence-electron chi connectivity index (χ3n) is 1.09. The zero-order valence-corrected chi connectivity index (χ0v) is 8.77.